The van der Waals surface area contributed by atoms with E-state index in [4.69, 9.17) is 4.74 Å². The van der Waals surface area contributed by atoms with Gasteiger partial charge in [-0.2, -0.15) is 0 Å². The van der Waals surface area contributed by atoms with Crippen molar-refractivity contribution in [1.29, 1.82) is 0 Å². The molecule has 0 unspecified atom stereocenters. The second-order valence-electron chi connectivity index (χ2n) is 3.37. The number of nitrogens with one attached hydrogen (secondary N) is 1. The van der Waals surface area contributed by atoms with Crippen LogP contribution in [0.1, 0.15) is 13.8 Å². The van der Waals surface area contributed by atoms with Crippen molar-refractivity contribution in [1.82, 2.24) is 9.97 Å². The number of likely N-dealkylation sites (N-methyl/N-ethyl adjacent to an activating group) is 1. The zero-order valence-electron chi connectivity index (χ0n) is 10.2. The lowest BCUT2D eigenvalue weighted by Gasteiger charge is -2.21. The fraction of sp³-hybridized carbons (Fsp3) is 0.636. The van der Waals surface area contributed by atoms with Crippen LogP contribution in [0.2, 0.25) is 0 Å². The summed E-state index contributed by atoms with van der Waals surface area (Å²) in [5.74, 6) is 1.70. The van der Waals surface area contributed by atoms with Gasteiger partial charge < -0.3 is 15.0 Å². The van der Waals surface area contributed by atoms with Crippen LogP contribution < -0.4 is 10.2 Å². The molecule has 1 N–H and O–H groups in total. The minimum atomic E-state index is 0.695. The van der Waals surface area contributed by atoms with E-state index in [0.717, 1.165) is 31.3 Å². The molecule has 0 amide bonds. The molecule has 1 rings (SSSR count). The van der Waals surface area contributed by atoms with Crippen LogP contribution >= 0.6 is 0 Å². The summed E-state index contributed by atoms with van der Waals surface area (Å²) >= 11 is 0. The highest BCUT2D eigenvalue weighted by molar-refractivity contribution is 5.43. The van der Waals surface area contributed by atoms with Gasteiger partial charge >= 0.3 is 0 Å². The summed E-state index contributed by atoms with van der Waals surface area (Å²) in [5.41, 5.74) is 0. The fourth-order valence-electron chi connectivity index (χ4n) is 1.41. The Morgan fingerprint density at radius 1 is 1.38 bits per heavy atom. The molecular weight excluding hydrogens is 204 g/mol. The Morgan fingerprint density at radius 2 is 2.19 bits per heavy atom. The standard InChI is InChI=1S/C11H20N4O/c1-4-13-10-8-12-9-11(14-10)15(5-2)6-7-16-3/h8-9H,4-7H2,1-3H3,(H,13,14). The second-order valence-corrected chi connectivity index (χ2v) is 3.37. The summed E-state index contributed by atoms with van der Waals surface area (Å²) in [4.78, 5) is 10.8. The third-order valence-electron chi connectivity index (χ3n) is 2.25. The molecule has 5 nitrogen and oxygen atoms in total. The zero-order valence-corrected chi connectivity index (χ0v) is 10.2. The van der Waals surface area contributed by atoms with Crippen molar-refractivity contribution in [2.75, 3.05) is 43.6 Å². The van der Waals surface area contributed by atoms with E-state index >= 15 is 0 Å². The second kappa shape index (κ2) is 7.00. The maximum Gasteiger partial charge on any atom is 0.149 e. The van der Waals surface area contributed by atoms with Crippen LogP contribution in [0.4, 0.5) is 11.6 Å². The molecule has 0 radical (unpaired) electrons. The maximum absolute atomic E-state index is 5.07. The van der Waals surface area contributed by atoms with Gasteiger partial charge in [-0.15, -0.1) is 0 Å². The number of aromatic nitrogens is 2. The van der Waals surface area contributed by atoms with Crippen molar-refractivity contribution < 1.29 is 4.74 Å². The molecular formula is C11H20N4O. The van der Waals surface area contributed by atoms with E-state index in [1.54, 1.807) is 19.5 Å². The Labute approximate surface area is 96.8 Å². The Hall–Kier alpha value is -1.36. The van der Waals surface area contributed by atoms with E-state index < -0.39 is 0 Å². The van der Waals surface area contributed by atoms with Crippen molar-refractivity contribution >= 4 is 11.6 Å². The highest BCUT2D eigenvalue weighted by Gasteiger charge is 2.06. The zero-order chi connectivity index (χ0) is 11.8. The molecule has 0 fully saturated rings. The smallest absolute Gasteiger partial charge is 0.149 e. The molecule has 1 heterocycles. The normalized spacial score (nSPS) is 10.2. The summed E-state index contributed by atoms with van der Waals surface area (Å²) < 4.78 is 5.07. The maximum atomic E-state index is 5.07. The molecule has 0 aromatic carbocycles. The largest absolute Gasteiger partial charge is 0.383 e. The number of ether oxygens (including phenoxy) is 1. The number of nitrogens with zero attached hydrogens (tertiary/aromatic N) is 3. The molecule has 0 saturated carbocycles. The number of methoxy groups -OCH3 is 1. The average molecular weight is 224 g/mol. The quantitative estimate of drug-likeness (QED) is 0.758. The van der Waals surface area contributed by atoms with E-state index in [2.05, 4.69) is 27.1 Å². The monoisotopic (exact) mass is 224 g/mol. The third-order valence-corrected chi connectivity index (χ3v) is 2.25. The van der Waals surface area contributed by atoms with E-state index in [9.17, 15) is 0 Å². The molecule has 0 aliphatic heterocycles. The number of rotatable bonds is 7. The van der Waals surface area contributed by atoms with Crippen LogP contribution in [0, 0.1) is 0 Å². The SMILES string of the molecule is CCNc1cncc(N(CC)CCOC)n1. The lowest BCUT2D eigenvalue weighted by molar-refractivity contribution is 0.205. The third kappa shape index (κ3) is 3.66. The summed E-state index contributed by atoms with van der Waals surface area (Å²) in [7, 11) is 1.70. The van der Waals surface area contributed by atoms with Gasteiger partial charge in [-0.25, -0.2) is 4.98 Å². The van der Waals surface area contributed by atoms with Gasteiger partial charge in [0, 0.05) is 26.7 Å². The van der Waals surface area contributed by atoms with Crippen molar-refractivity contribution in [3.05, 3.63) is 12.4 Å². The van der Waals surface area contributed by atoms with Crippen molar-refractivity contribution in [3.8, 4) is 0 Å². The minimum Gasteiger partial charge on any atom is -0.383 e. The number of hydrogen-bond donors (Lipinski definition) is 1. The minimum absolute atomic E-state index is 0.695. The van der Waals surface area contributed by atoms with Gasteiger partial charge in [0.2, 0.25) is 0 Å². The van der Waals surface area contributed by atoms with Crippen molar-refractivity contribution in [3.63, 3.8) is 0 Å². The molecule has 90 valence electrons. The first-order chi connectivity index (χ1) is 7.81. The van der Waals surface area contributed by atoms with E-state index in [1.165, 1.54) is 0 Å². The summed E-state index contributed by atoms with van der Waals surface area (Å²) in [6, 6.07) is 0. The molecule has 0 bridgehead atoms. The van der Waals surface area contributed by atoms with E-state index in [1.807, 2.05) is 6.92 Å². The first-order valence-corrected chi connectivity index (χ1v) is 5.61. The average Bonchev–Trinajstić information content (AvgIpc) is 2.31. The Balaban J connectivity index is 2.71. The lowest BCUT2D eigenvalue weighted by atomic mass is 10.4. The first kappa shape index (κ1) is 12.7. The van der Waals surface area contributed by atoms with Gasteiger partial charge in [0.05, 0.1) is 19.0 Å². The molecule has 0 spiro atoms. The predicted molar refractivity (Wildman–Crippen MR) is 66.0 cm³/mol. The van der Waals surface area contributed by atoms with Gasteiger partial charge in [-0.3, -0.25) is 4.98 Å². The lowest BCUT2D eigenvalue weighted by Crippen LogP contribution is -2.28. The van der Waals surface area contributed by atoms with Gasteiger partial charge in [-0.1, -0.05) is 0 Å². The van der Waals surface area contributed by atoms with E-state index in [-0.39, 0.29) is 0 Å². The van der Waals surface area contributed by atoms with Gasteiger partial charge in [0.15, 0.2) is 0 Å². The Bertz CT molecular complexity index is 306. The molecule has 1 aromatic rings. The van der Waals surface area contributed by atoms with Gasteiger partial charge in [0.25, 0.3) is 0 Å². The van der Waals surface area contributed by atoms with Crippen LogP contribution in [0.3, 0.4) is 0 Å². The highest BCUT2D eigenvalue weighted by Crippen LogP contribution is 2.11. The Kier molecular flexibility index (Phi) is 5.56. The molecule has 1 aromatic heterocycles. The fourth-order valence-corrected chi connectivity index (χ4v) is 1.41. The summed E-state index contributed by atoms with van der Waals surface area (Å²) in [6.45, 7) is 7.41. The van der Waals surface area contributed by atoms with E-state index in [0.29, 0.717) is 6.61 Å². The molecule has 0 aliphatic rings. The predicted octanol–water partition coefficient (Wildman–Crippen LogP) is 1.38. The number of hydrogen-bond acceptors (Lipinski definition) is 5. The van der Waals surface area contributed by atoms with Crippen LogP contribution in [0.15, 0.2) is 12.4 Å². The summed E-state index contributed by atoms with van der Waals surface area (Å²) in [5, 5.41) is 3.15. The highest BCUT2D eigenvalue weighted by atomic mass is 16.5. The van der Waals surface area contributed by atoms with Crippen LogP contribution in [0.25, 0.3) is 0 Å². The van der Waals surface area contributed by atoms with Gasteiger partial charge in [-0.05, 0) is 13.8 Å². The van der Waals surface area contributed by atoms with Gasteiger partial charge in [0.1, 0.15) is 11.6 Å². The first-order valence-electron chi connectivity index (χ1n) is 5.61. The van der Waals surface area contributed by atoms with Crippen LogP contribution in [0.5, 0.6) is 0 Å². The number of anilines is 2. The van der Waals surface area contributed by atoms with Crippen LogP contribution in [-0.4, -0.2) is 43.3 Å². The summed E-state index contributed by atoms with van der Waals surface area (Å²) in [6.07, 6.45) is 3.51. The topological polar surface area (TPSA) is 50.3 Å². The molecule has 0 aliphatic carbocycles. The molecule has 5 heteroatoms. The molecule has 16 heavy (non-hydrogen) atoms. The Morgan fingerprint density at radius 3 is 2.81 bits per heavy atom. The molecule has 0 saturated heterocycles. The molecule has 0 atom stereocenters. The van der Waals surface area contributed by atoms with Crippen LogP contribution in [-0.2, 0) is 4.74 Å². The van der Waals surface area contributed by atoms with Crippen molar-refractivity contribution in [2.45, 2.75) is 13.8 Å². The van der Waals surface area contributed by atoms with Crippen molar-refractivity contribution in [2.24, 2.45) is 0 Å².